The smallest absolute Gasteiger partial charge is 0.0464 e. The highest BCUT2D eigenvalue weighted by atomic mass is 15.0. The van der Waals surface area contributed by atoms with Gasteiger partial charge in [-0.25, -0.2) is 0 Å². The fraction of sp³-hybridized carbons (Fsp3) is 0.583. The van der Waals surface area contributed by atoms with Gasteiger partial charge in [0.25, 0.3) is 0 Å². The van der Waals surface area contributed by atoms with Gasteiger partial charge < -0.3 is 11.1 Å². The average Bonchev–Trinajstić information content (AvgIpc) is 2.26. The van der Waals surface area contributed by atoms with Crippen LogP contribution in [0.5, 0.6) is 0 Å². The molecule has 2 unspecified atom stereocenters. The molecule has 0 aliphatic rings. The molecule has 0 aliphatic carbocycles. The molecule has 0 aliphatic heterocycles. The van der Waals surface area contributed by atoms with Crippen molar-refractivity contribution in [3.8, 4) is 0 Å². The Kier molecular flexibility index (Phi) is 4.72. The first-order valence-electron chi connectivity index (χ1n) is 5.55. The molecular weight excluding hydrogens is 186 g/mol. The molecule has 0 saturated carbocycles. The van der Waals surface area contributed by atoms with Crippen molar-refractivity contribution in [3.05, 3.63) is 29.6 Å². The molecule has 1 heterocycles. The highest BCUT2D eigenvalue weighted by Gasteiger charge is 2.13. The van der Waals surface area contributed by atoms with Gasteiger partial charge in [0, 0.05) is 31.0 Å². The van der Waals surface area contributed by atoms with Crippen molar-refractivity contribution in [1.82, 2.24) is 10.3 Å². The topological polar surface area (TPSA) is 50.9 Å². The molecule has 3 heteroatoms. The minimum Gasteiger partial charge on any atom is -0.329 e. The van der Waals surface area contributed by atoms with E-state index in [1.54, 1.807) is 0 Å². The molecule has 1 rings (SSSR count). The Morgan fingerprint density at radius 2 is 2.27 bits per heavy atom. The average molecular weight is 207 g/mol. The molecule has 0 amide bonds. The highest BCUT2D eigenvalue weighted by Crippen LogP contribution is 2.16. The number of hydrogen-bond acceptors (Lipinski definition) is 3. The quantitative estimate of drug-likeness (QED) is 0.773. The molecule has 0 radical (unpaired) electrons. The van der Waals surface area contributed by atoms with Gasteiger partial charge in [0.05, 0.1) is 0 Å². The van der Waals surface area contributed by atoms with Crippen molar-refractivity contribution in [2.45, 2.75) is 39.3 Å². The number of rotatable bonds is 5. The first-order valence-corrected chi connectivity index (χ1v) is 5.55. The molecule has 0 saturated heterocycles. The van der Waals surface area contributed by atoms with E-state index in [-0.39, 0.29) is 6.04 Å². The summed E-state index contributed by atoms with van der Waals surface area (Å²) in [6, 6.07) is 2.72. The Bertz CT molecular complexity index is 299. The fourth-order valence-corrected chi connectivity index (χ4v) is 1.59. The van der Waals surface area contributed by atoms with Crippen LogP contribution < -0.4 is 11.1 Å². The molecule has 0 fully saturated rings. The third-order valence-corrected chi connectivity index (χ3v) is 2.79. The van der Waals surface area contributed by atoms with E-state index in [1.807, 2.05) is 18.5 Å². The third-order valence-electron chi connectivity index (χ3n) is 2.79. The van der Waals surface area contributed by atoms with E-state index >= 15 is 0 Å². The maximum absolute atomic E-state index is 5.79. The lowest BCUT2D eigenvalue weighted by molar-refractivity contribution is 0.450. The van der Waals surface area contributed by atoms with Crippen LogP contribution in [-0.2, 0) is 0 Å². The summed E-state index contributed by atoms with van der Waals surface area (Å²) in [6.45, 7) is 7.05. The number of nitrogens with two attached hydrogens (primary N) is 1. The van der Waals surface area contributed by atoms with E-state index in [0.717, 1.165) is 6.42 Å². The second-order valence-corrected chi connectivity index (χ2v) is 4.00. The summed E-state index contributed by atoms with van der Waals surface area (Å²) >= 11 is 0. The van der Waals surface area contributed by atoms with Crippen LogP contribution in [0, 0.1) is 6.92 Å². The van der Waals surface area contributed by atoms with E-state index in [4.69, 9.17) is 5.73 Å². The summed E-state index contributed by atoms with van der Waals surface area (Å²) in [5, 5.41) is 3.51. The number of nitrogens with one attached hydrogen (secondary N) is 1. The Hall–Kier alpha value is -0.930. The van der Waals surface area contributed by atoms with E-state index in [1.165, 1.54) is 11.1 Å². The SMILES string of the molecule is CCC(C)NC(CN)c1cnccc1C. The van der Waals surface area contributed by atoms with Crippen LogP contribution in [0.3, 0.4) is 0 Å². The van der Waals surface area contributed by atoms with E-state index < -0.39 is 0 Å². The largest absolute Gasteiger partial charge is 0.329 e. The maximum Gasteiger partial charge on any atom is 0.0464 e. The number of aryl methyl sites for hydroxylation is 1. The summed E-state index contributed by atoms with van der Waals surface area (Å²) in [4.78, 5) is 4.15. The molecule has 15 heavy (non-hydrogen) atoms. The number of hydrogen-bond donors (Lipinski definition) is 2. The number of pyridine rings is 1. The first-order chi connectivity index (χ1) is 7.19. The van der Waals surface area contributed by atoms with Gasteiger partial charge >= 0.3 is 0 Å². The number of aromatic nitrogens is 1. The maximum atomic E-state index is 5.79. The Morgan fingerprint density at radius 3 is 2.80 bits per heavy atom. The third kappa shape index (κ3) is 3.29. The van der Waals surface area contributed by atoms with Crippen molar-refractivity contribution in [3.63, 3.8) is 0 Å². The standard InChI is InChI=1S/C12H21N3/c1-4-10(3)15-12(7-13)11-8-14-6-5-9(11)2/h5-6,8,10,12,15H,4,7,13H2,1-3H3. The van der Waals surface area contributed by atoms with Crippen molar-refractivity contribution < 1.29 is 0 Å². The number of nitrogens with zero attached hydrogens (tertiary/aromatic N) is 1. The molecule has 0 bridgehead atoms. The van der Waals surface area contributed by atoms with Crippen LogP contribution in [-0.4, -0.2) is 17.6 Å². The monoisotopic (exact) mass is 207 g/mol. The first kappa shape index (κ1) is 12.1. The van der Waals surface area contributed by atoms with Crippen molar-refractivity contribution in [2.75, 3.05) is 6.54 Å². The summed E-state index contributed by atoms with van der Waals surface area (Å²) < 4.78 is 0. The molecule has 3 nitrogen and oxygen atoms in total. The molecular formula is C12H21N3. The van der Waals surface area contributed by atoms with Gasteiger partial charge in [-0.05, 0) is 37.5 Å². The summed E-state index contributed by atoms with van der Waals surface area (Å²) in [5.41, 5.74) is 8.24. The predicted octanol–water partition coefficient (Wildman–Crippen LogP) is 1.78. The lowest BCUT2D eigenvalue weighted by Crippen LogP contribution is -2.35. The Labute approximate surface area is 92.1 Å². The van der Waals surface area contributed by atoms with Gasteiger partial charge in [0.2, 0.25) is 0 Å². The van der Waals surface area contributed by atoms with Crippen LogP contribution in [0.2, 0.25) is 0 Å². The summed E-state index contributed by atoms with van der Waals surface area (Å²) in [6.07, 6.45) is 4.83. The zero-order valence-electron chi connectivity index (χ0n) is 9.83. The van der Waals surface area contributed by atoms with Crippen LogP contribution in [0.25, 0.3) is 0 Å². The summed E-state index contributed by atoms with van der Waals surface area (Å²) in [7, 11) is 0. The van der Waals surface area contributed by atoms with E-state index in [9.17, 15) is 0 Å². The lowest BCUT2D eigenvalue weighted by Gasteiger charge is -2.22. The fourth-order valence-electron chi connectivity index (χ4n) is 1.59. The molecule has 0 aromatic carbocycles. The molecule has 3 N–H and O–H groups in total. The Balaban J connectivity index is 2.78. The summed E-state index contributed by atoms with van der Waals surface area (Å²) in [5.74, 6) is 0. The van der Waals surface area contributed by atoms with Crippen molar-refractivity contribution >= 4 is 0 Å². The van der Waals surface area contributed by atoms with Gasteiger partial charge in [-0.2, -0.15) is 0 Å². The van der Waals surface area contributed by atoms with Crippen molar-refractivity contribution in [1.29, 1.82) is 0 Å². The minimum absolute atomic E-state index is 0.216. The Morgan fingerprint density at radius 1 is 1.53 bits per heavy atom. The zero-order chi connectivity index (χ0) is 11.3. The minimum atomic E-state index is 0.216. The molecule has 1 aromatic heterocycles. The highest BCUT2D eigenvalue weighted by molar-refractivity contribution is 5.25. The van der Waals surface area contributed by atoms with Gasteiger partial charge in [-0.1, -0.05) is 6.92 Å². The molecule has 2 atom stereocenters. The molecule has 1 aromatic rings. The zero-order valence-corrected chi connectivity index (χ0v) is 9.83. The van der Waals surface area contributed by atoms with Gasteiger partial charge in [-0.3, -0.25) is 4.98 Å². The van der Waals surface area contributed by atoms with Crippen LogP contribution in [0.15, 0.2) is 18.5 Å². The van der Waals surface area contributed by atoms with Crippen LogP contribution >= 0.6 is 0 Å². The van der Waals surface area contributed by atoms with Crippen LogP contribution in [0.1, 0.15) is 37.4 Å². The predicted molar refractivity (Wildman–Crippen MR) is 63.7 cm³/mol. The van der Waals surface area contributed by atoms with Gasteiger partial charge in [0.15, 0.2) is 0 Å². The van der Waals surface area contributed by atoms with Gasteiger partial charge in [0.1, 0.15) is 0 Å². The van der Waals surface area contributed by atoms with E-state index in [2.05, 4.69) is 31.1 Å². The molecule has 0 spiro atoms. The molecule has 84 valence electrons. The van der Waals surface area contributed by atoms with Crippen molar-refractivity contribution in [2.24, 2.45) is 5.73 Å². The second kappa shape index (κ2) is 5.83. The van der Waals surface area contributed by atoms with Gasteiger partial charge in [-0.15, -0.1) is 0 Å². The van der Waals surface area contributed by atoms with Crippen LogP contribution in [0.4, 0.5) is 0 Å². The van der Waals surface area contributed by atoms with E-state index in [0.29, 0.717) is 12.6 Å². The second-order valence-electron chi connectivity index (χ2n) is 4.00. The normalized spacial score (nSPS) is 14.9. The lowest BCUT2D eigenvalue weighted by atomic mass is 10.0.